The summed E-state index contributed by atoms with van der Waals surface area (Å²) in [4.78, 5) is 24.7. The van der Waals surface area contributed by atoms with E-state index >= 15 is 0 Å². The van der Waals surface area contributed by atoms with Gasteiger partial charge in [0.25, 0.3) is 0 Å². The molecule has 0 aliphatic carbocycles. The molecule has 0 atom stereocenters. The van der Waals surface area contributed by atoms with Crippen LogP contribution in [0.25, 0.3) is 0 Å². The molecule has 0 aliphatic rings. The molecule has 4 N–H and O–H groups in total. The molecular weight excluding hydrogens is 722 g/mol. The Bertz CT molecular complexity index is 1810. The number of benzene rings is 5. The molecule has 0 aliphatic heterocycles. The Labute approximate surface area is 289 Å². The van der Waals surface area contributed by atoms with Crippen molar-refractivity contribution in [2.75, 3.05) is 21.3 Å². The van der Waals surface area contributed by atoms with Crippen LogP contribution < -0.4 is 30.7 Å². The maximum Gasteiger partial charge on any atom is 0.323 e. The Balaban J connectivity index is 1.23. The predicted octanol–water partition coefficient (Wildman–Crippen LogP) is 11.7. The van der Waals surface area contributed by atoms with Gasteiger partial charge >= 0.3 is 12.1 Å². The van der Waals surface area contributed by atoms with E-state index in [0.29, 0.717) is 0 Å². The number of ether oxygens (including phenoxy) is 2. The van der Waals surface area contributed by atoms with Crippen LogP contribution in [0.5, 0.6) is 23.0 Å². The monoisotopic (exact) mass is 738 g/mol. The van der Waals surface area contributed by atoms with E-state index in [2.05, 4.69) is 21.3 Å². The lowest BCUT2D eigenvalue weighted by Gasteiger charge is -2.14. The standard InChI is InChI=1S/C32H18Cl4F4N4O4/c33-19-3-1-4-20(34)27(19)43-31(45)41-15-7-11-17(12-8-15)47-29-23(37)25(39)30(26(40)24(29)38)48-18-13-9-16(10-14-18)42-32(46)44-28-21(35)5-2-6-22(28)36/h1-14H,(H2,41,43,45)(H2,42,44,46). The highest BCUT2D eigenvalue weighted by Crippen LogP contribution is 2.39. The average Bonchev–Trinajstić information content (AvgIpc) is 3.05. The Morgan fingerprint density at radius 3 is 1.04 bits per heavy atom. The van der Waals surface area contributed by atoms with Gasteiger partial charge < -0.3 is 30.7 Å². The second kappa shape index (κ2) is 14.9. The molecule has 0 spiro atoms. The second-order valence-corrected chi connectivity index (χ2v) is 11.1. The van der Waals surface area contributed by atoms with Crippen molar-refractivity contribution in [1.29, 1.82) is 0 Å². The number of para-hydroxylation sites is 2. The quantitative estimate of drug-likeness (QED) is 0.0940. The molecular formula is C32H18Cl4F4N4O4. The molecule has 5 aromatic rings. The van der Waals surface area contributed by atoms with Gasteiger partial charge in [-0.05, 0) is 72.8 Å². The Morgan fingerprint density at radius 1 is 0.458 bits per heavy atom. The van der Waals surface area contributed by atoms with E-state index < -0.39 is 46.8 Å². The first-order valence-electron chi connectivity index (χ1n) is 13.4. The van der Waals surface area contributed by atoms with Crippen molar-refractivity contribution >= 4 is 81.2 Å². The Morgan fingerprint density at radius 2 is 0.750 bits per heavy atom. The molecule has 16 heteroatoms. The zero-order valence-electron chi connectivity index (χ0n) is 23.7. The minimum Gasteiger partial charge on any atom is -0.451 e. The number of anilines is 4. The molecule has 0 unspecified atom stereocenters. The van der Waals surface area contributed by atoms with Gasteiger partial charge in [-0.1, -0.05) is 58.5 Å². The smallest absolute Gasteiger partial charge is 0.323 e. The highest BCUT2D eigenvalue weighted by Gasteiger charge is 2.29. The molecule has 0 bridgehead atoms. The van der Waals surface area contributed by atoms with Gasteiger partial charge in [0.1, 0.15) is 11.5 Å². The molecule has 5 rings (SSSR count). The number of carbonyl (C=O) groups excluding carboxylic acids is 2. The number of amides is 4. The molecule has 48 heavy (non-hydrogen) atoms. The SMILES string of the molecule is O=C(Nc1ccc(Oc2c(F)c(F)c(Oc3ccc(NC(=O)Nc4c(Cl)cccc4Cl)cc3)c(F)c2F)cc1)Nc1c(Cl)cccc1Cl. The number of urea groups is 2. The molecule has 8 nitrogen and oxygen atoms in total. The van der Waals surface area contributed by atoms with Crippen LogP contribution in [0.3, 0.4) is 0 Å². The van der Waals surface area contributed by atoms with Gasteiger partial charge in [0.15, 0.2) is 0 Å². The van der Waals surface area contributed by atoms with Crippen molar-refractivity contribution in [3.8, 4) is 23.0 Å². The lowest BCUT2D eigenvalue weighted by atomic mass is 10.2. The topological polar surface area (TPSA) is 101 Å². The summed E-state index contributed by atoms with van der Waals surface area (Å²) in [6.07, 6.45) is 0. The minimum absolute atomic E-state index is 0.176. The van der Waals surface area contributed by atoms with Crippen LogP contribution in [-0.4, -0.2) is 12.1 Å². The molecule has 0 aromatic heterocycles. The van der Waals surface area contributed by atoms with Crippen LogP contribution in [0, 0.1) is 23.3 Å². The Kier molecular flexibility index (Phi) is 10.7. The largest absolute Gasteiger partial charge is 0.451 e. The van der Waals surface area contributed by atoms with Gasteiger partial charge in [-0.3, -0.25) is 0 Å². The highest BCUT2D eigenvalue weighted by atomic mass is 35.5. The van der Waals surface area contributed by atoms with Crippen LogP contribution >= 0.6 is 46.4 Å². The maximum absolute atomic E-state index is 14.9. The van der Waals surface area contributed by atoms with Crippen LogP contribution in [0.1, 0.15) is 0 Å². The van der Waals surface area contributed by atoms with Gasteiger partial charge in [-0.2, -0.15) is 17.6 Å². The summed E-state index contributed by atoms with van der Waals surface area (Å²) in [5.74, 6) is -10.6. The van der Waals surface area contributed by atoms with E-state index in [1.54, 1.807) is 12.1 Å². The maximum atomic E-state index is 14.9. The van der Waals surface area contributed by atoms with Crippen molar-refractivity contribution in [3.05, 3.63) is 128 Å². The summed E-state index contributed by atoms with van der Waals surface area (Å²) in [7, 11) is 0. The minimum atomic E-state index is -1.87. The van der Waals surface area contributed by atoms with Crippen LogP contribution in [0.15, 0.2) is 84.9 Å². The van der Waals surface area contributed by atoms with E-state index in [1.165, 1.54) is 72.8 Å². The first-order valence-corrected chi connectivity index (χ1v) is 14.9. The predicted molar refractivity (Wildman–Crippen MR) is 178 cm³/mol. The first kappa shape index (κ1) is 34.5. The van der Waals surface area contributed by atoms with Crippen molar-refractivity contribution < 1.29 is 36.6 Å². The molecule has 0 heterocycles. The van der Waals surface area contributed by atoms with E-state index in [4.69, 9.17) is 55.9 Å². The molecule has 5 aromatic carbocycles. The summed E-state index contributed by atoms with van der Waals surface area (Å²) in [5.41, 5.74) is 0.792. The van der Waals surface area contributed by atoms with E-state index in [0.717, 1.165) is 0 Å². The molecule has 4 amide bonds. The summed E-state index contributed by atoms with van der Waals surface area (Å²) in [5, 5.41) is 10.8. The third-order valence-electron chi connectivity index (χ3n) is 6.25. The van der Waals surface area contributed by atoms with Gasteiger partial charge in [0, 0.05) is 11.4 Å². The molecule has 246 valence electrons. The lowest BCUT2D eigenvalue weighted by Crippen LogP contribution is -2.19. The lowest BCUT2D eigenvalue weighted by molar-refractivity contribution is 0.261. The average molecular weight is 740 g/mol. The number of hydrogen-bond acceptors (Lipinski definition) is 4. The van der Waals surface area contributed by atoms with Crippen LogP contribution in [-0.2, 0) is 0 Å². The van der Waals surface area contributed by atoms with Crippen molar-refractivity contribution in [1.82, 2.24) is 0 Å². The van der Waals surface area contributed by atoms with Gasteiger partial charge in [-0.15, -0.1) is 0 Å². The third kappa shape index (κ3) is 7.97. The normalized spacial score (nSPS) is 10.7. The van der Waals surface area contributed by atoms with E-state index in [9.17, 15) is 27.2 Å². The fraction of sp³-hybridized carbons (Fsp3) is 0. The highest BCUT2D eigenvalue weighted by molar-refractivity contribution is 6.40. The zero-order chi connectivity index (χ0) is 34.5. The number of nitrogens with one attached hydrogen (secondary N) is 4. The molecule has 0 saturated carbocycles. The summed E-state index contributed by atoms with van der Waals surface area (Å²) in [6, 6.07) is 17.9. The number of halogens is 8. The number of carbonyl (C=O) groups is 2. The summed E-state index contributed by atoms with van der Waals surface area (Å²) < 4.78 is 69.8. The molecule has 0 radical (unpaired) electrons. The number of rotatable bonds is 8. The zero-order valence-corrected chi connectivity index (χ0v) is 26.8. The summed E-state index contributed by atoms with van der Waals surface area (Å²) in [6.45, 7) is 0. The van der Waals surface area contributed by atoms with E-state index in [-0.39, 0.29) is 54.3 Å². The first-order chi connectivity index (χ1) is 22.9. The molecule has 0 fully saturated rings. The van der Waals surface area contributed by atoms with Crippen molar-refractivity contribution in [2.24, 2.45) is 0 Å². The van der Waals surface area contributed by atoms with Gasteiger partial charge in [0.05, 0.1) is 31.5 Å². The molecule has 0 saturated heterocycles. The van der Waals surface area contributed by atoms with Crippen LogP contribution in [0.2, 0.25) is 20.1 Å². The second-order valence-electron chi connectivity index (χ2n) is 9.52. The fourth-order valence-corrected chi connectivity index (χ4v) is 4.99. The fourth-order valence-electron chi connectivity index (χ4n) is 4.01. The third-order valence-corrected chi connectivity index (χ3v) is 7.51. The van der Waals surface area contributed by atoms with Crippen molar-refractivity contribution in [3.63, 3.8) is 0 Å². The summed E-state index contributed by atoms with van der Waals surface area (Å²) >= 11 is 24.1. The van der Waals surface area contributed by atoms with Gasteiger partial charge in [0.2, 0.25) is 34.8 Å². The van der Waals surface area contributed by atoms with Crippen molar-refractivity contribution in [2.45, 2.75) is 0 Å². The Hall–Kier alpha value is -4.88. The number of hydrogen-bond donors (Lipinski definition) is 4. The van der Waals surface area contributed by atoms with E-state index in [1.807, 2.05) is 0 Å². The van der Waals surface area contributed by atoms with Crippen LogP contribution in [0.4, 0.5) is 49.9 Å². The van der Waals surface area contributed by atoms with Gasteiger partial charge in [-0.25, -0.2) is 9.59 Å².